The maximum atomic E-state index is 13.0. The van der Waals surface area contributed by atoms with Crippen LogP contribution in [0.1, 0.15) is 12.8 Å². The number of likely N-dealkylation sites (tertiary alicyclic amines) is 1. The SMILES string of the molecule is O=C1CCCN1CN(C(=O)COc1ccc(Cl)cc1Cl)c1nc2ccccc2s1. The van der Waals surface area contributed by atoms with Gasteiger partial charge in [0.15, 0.2) is 11.7 Å². The van der Waals surface area contributed by atoms with Crippen molar-refractivity contribution in [1.29, 1.82) is 0 Å². The molecule has 3 aromatic rings. The van der Waals surface area contributed by atoms with E-state index >= 15 is 0 Å². The predicted octanol–water partition coefficient (Wildman–Crippen LogP) is 4.60. The molecule has 29 heavy (non-hydrogen) atoms. The lowest BCUT2D eigenvalue weighted by Crippen LogP contribution is -2.44. The first-order valence-electron chi connectivity index (χ1n) is 9.03. The molecule has 1 aromatic heterocycles. The van der Waals surface area contributed by atoms with E-state index in [1.54, 1.807) is 23.1 Å². The first kappa shape index (κ1) is 19.9. The molecule has 2 aromatic carbocycles. The van der Waals surface area contributed by atoms with Crippen LogP contribution >= 0.6 is 34.5 Å². The highest BCUT2D eigenvalue weighted by Crippen LogP contribution is 2.30. The van der Waals surface area contributed by atoms with Gasteiger partial charge in [-0.2, -0.15) is 0 Å². The molecule has 0 atom stereocenters. The van der Waals surface area contributed by atoms with Crippen LogP contribution in [-0.4, -0.2) is 41.5 Å². The second kappa shape index (κ2) is 8.57. The van der Waals surface area contributed by atoms with Gasteiger partial charge >= 0.3 is 0 Å². The van der Waals surface area contributed by atoms with E-state index in [-0.39, 0.29) is 25.1 Å². The lowest BCUT2D eigenvalue weighted by molar-refractivity contribution is -0.128. The number of hydrogen-bond acceptors (Lipinski definition) is 5. The zero-order valence-electron chi connectivity index (χ0n) is 15.3. The van der Waals surface area contributed by atoms with Crippen LogP contribution < -0.4 is 9.64 Å². The van der Waals surface area contributed by atoms with Crippen molar-refractivity contribution >= 4 is 61.7 Å². The summed E-state index contributed by atoms with van der Waals surface area (Å²) in [5.74, 6) is 0.0891. The minimum absolute atomic E-state index is 0.0329. The smallest absolute Gasteiger partial charge is 0.268 e. The van der Waals surface area contributed by atoms with Crippen molar-refractivity contribution in [3.8, 4) is 5.75 Å². The van der Waals surface area contributed by atoms with E-state index in [2.05, 4.69) is 4.98 Å². The second-order valence-electron chi connectivity index (χ2n) is 6.55. The summed E-state index contributed by atoms with van der Waals surface area (Å²) in [6.07, 6.45) is 1.29. The van der Waals surface area contributed by atoms with Gasteiger partial charge in [0, 0.05) is 18.0 Å². The number of rotatable bonds is 6. The molecule has 1 aliphatic rings. The third-order valence-corrected chi connectivity index (χ3v) is 6.13. The fourth-order valence-corrected chi connectivity index (χ4v) is 4.49. The molecule has 6 nitrogen and oxygen atoms in total. The third-order valence-electron chi connectivity index (χ3n) is 4.54. The lowest BCUT2D eigenvalue weighted by Gasteiger charge is -2.26. The lowest BCUT2D eigenvalue weighted by atomic mass is 10.3. The summed E-state index contributed by atoms with van der Waals surface area (Å²) in [4.78, 5) is 32.9. The molecular formula is C20H17Cl2N3O3S. The number of carbonyl (C=O) groups excluding carboxylic acids is 2. The Morgan fingerprint density at radius 3 is 2.79 bits per heavy atom. The third kappa shape index (κ3) is 4.47. The van der Waals surface area contributed by atoms with E-state index in [4.69, 9.17) is 27.9 Å². The highest BCUT2D eigenvalue weighted by molar-refractivity contribution is 7.22. The maximum Gasteiger partial charge on any atom is 0.268 e. The average molecular weight is 450 g/mol. The molecule has 4 rings (SSSR count). The van der Waals surface area contributed by atoms with Crippen LogP contribution in [0.15, 0.2) is 42.5 Å². The van der Waals surface area contributed by atoms with E-state index in [1.807, 2.05) is 24.3 Å². The van der Waals surface area contributed by atoms with Crippen LogP contribution in [-0.2, 0) is 9.59 Å². The number of hydrogen-bond donors (Lipinski definition) is 0. The van der Waals surface area contributed by atoms with E-state index in [1.165, 1.54) is 16.2 Å². The number of carbonyl (C=O) groups is 2. The molecular weight excluding hydrogens is 433 g/mol. The Labute approximate surface area is 181 Å². The quantitative estimate of drug-likeness (QED) is 0.551. The Hall–Kier alpha value is -2.35. The fraction of sp³-hybridized carbons (Fsp3) is 0.250. The van der Waals surface area contributed by atoms with Crippen molar-refractivity contribution in [2.75, 3.05) is 24.7 Å². The van der Waals surface area contributed by atoms with Gasteiger partial charge in [0.1, 0.15) is 12.4 Å². The minimum atomic E-state index is -0.310. The Morgan fingerprint density at radius 2 is 2.07 bits per heavy atom. The largest absolute Gasteiger partial charge is 0.482 e. The molecule has 9 heteroatoms. The number of nitrogens with zero attached hydrogens (tertiary/aromatic N) is 3. The van der Waals surface area contributed by atoms with E-state index in [0.29, 0.717) is 33.9 Å². The van der Waals surface area contributed by atoms with Gasteiger partial charge < -0.3 is 9.64 Å². The molecule has 0 radical (unpaired) electrons. The zero-order chi connectivity index (χ0) is 20.4. The number of aromatic nitrogens is 1. The van der Waals surface area contributed by atoms with Gasteiger partial charge in [-0.1, -0.05) is 46.7 Å². The summed E-state index contributed by atoms with van der Waals surface area (Å²) in [7, 11) is 0. The Bertz CT molecular complexity index is 1040. The van der Waals surface area contributed by atoms with Crippen LogP contribution in [0.3, 0.4) is 0 Å². The molecule has 1 saturated heterocycles. The van der Waals surface area contributed by atoms with Crippen LogP contribution in [0.2, 0.25) is 10.0 Å². The highest BCUT2D eigenvalue weighted by Gasteiger charge is 2.28. The van der Waals surface area contributed by atoms with Crippen molar-refractivity contribution in [3.05, 3.63) is 52.5 Å². The fourth-order valence-electron chi connectivity index (χ4n) is 3.06. The molecule has 0 bridgehead atoms. The van der Waals surface area contributed by atoms with E-state index in [9.17, 15) is 9.59 Å². The van der Waals surface area contributed by atoms with Crippen LogP contribution in [0.5, 0.6) is 5.75 Å². The number of fused-ring (bicyclic) bond motifs is 1. The molecule has 0 saturated carbocycles. The standard InChI is InChI=1S/C20H17Cl2N3O3S/c21-13-7-8-16(14(22)10-13)28-11-19(27)25(12-24-9-3-6-18(24)26)20-23-15-4-1-2-5-17(15)29-20/h1-2,4-5,7-8,10H,3,6,9,11-12H2. The number of ether oxygens (including phenoxy) is 1. The minimum Gasteiger partial charge on any atom is -0.482 e. The summed E-state index contributed by atoms with van der Waals surface area (Å²) in [5, 5.41) is 1.34. The average Bonchev–Trinajstić information content (AvgIpc) is 3.30. The predicted molar refractivity (Wildman–Crippen MR) is 115 cm³/mol. The Morgan fingerprint density at radius 1 is 1.24 bits per heavy atom. The van der Waals surface area contributed by atoms with Gasteiger partial charge in [-0.3, -0.25) is 14.5 Å². The Balaban J connectivity index is 1.56. The number of thiazole rings is 1. The number of anilines is 1. The summed E-state index contributed by atoms with van der Waals surface area (Å²) < 4.78 is 6.58. The number of halogens is 2. The summed E-state index contributed by atoms with van der Waals surface area (Å²) >= 11 is 13.4. The van der Waals surface area contributed by atoms with Gasteiger partial charge in [-0.15, -0.1) is 0 Å². The van der Waals surface area contributed by atoms with Crippen LogP contribution in [0.4, 0.5) is 5.13 Å². The molecule has 2 amide bonds. The van der Waals surface area contributed by atoms with Crippen molar-refractivity contribution in [2.45, 2.75) is 12.8 Å². The number of para-hydroxylation sites is 1. The van der Waals surface area contributed by atoms with Gasteiger partial charge in [0.05, 0.1) is 15.2 Å². The van der Waals surface area contributed by atoms with Gasteiger partial charge in [0.2, 0.25) is 5.91 Å². The molecule has 1 fully saturated rings. The summed E-state index contributed by atoms with van der Waals surface area (Å²) in [6.45, 7) is 0.534. The van der Waals surface area contributed by atoms with Gasteiger partial charge in [-0.25, -0.2) is 4.98 Å². The zero-order valence-corrected chi connectivity index (χ0v) is 17.6. The topological polar surface area (TPSA) is 62.7 Å². The molecule has 0 spiro atoms. The summed E-state index contributed by atoms with van der Waals surface area (Å²) in [5.41, 5.74) is 0.805. The first-order valence-corrected chi connectivity index (χ1v) is 10.6. The van der Waals surface area contributed by atoms with Crippen LogP contribution in [0, 0.1) is 0 Å². The molecule has 150 valence electrons. The van der Waals surface area contributed by atoms with Crippen molar-refractivity contribution < 1.29 is 14.3 Å². The van der Waals surface area contributed by atoms with Gasteiger partial charge in [0.25, 0.3) is 5.91 Å². The van der Waals surface area contributed by atoms with Crippen LogP contribution in [0.25, 0.3) is 10.2 Å². The monoisotopic (exact) mass is 449 g/mol. The molecule has 0 N–H and O–H groups in total. The molecule has 2 heterocycles. The van der Waals surface area contributed by atoms with Crippen molar-refractivity contribution in [3.63, 3.8) is 0 Å². The molecule has 0 unspecified atom stereocenters. The second-order valence-corrected chi connectivity index (χ2v) is 8.40. The van der Waals surface area contributed by atoms with Crippen molar-refractivity contribution in [2.24, 2.45) is 0 Å². The maximum absolute atomic E-state index is 13.0. The highest BCUT2D eigenvalue weighted by atomic mass is 35.5. The molecule has 0 aliphatic carbocycles. The van der Waals surface area contributed by atoms with Crippen molar-refractivity contribution in [1.82, 2.24) is 9.88 Å². The van der Waals surface area contributed by atoms with E-state index in [0.717, 1.165) is 16.6 Å². The first-order chi connectivity index (χ1) is 14.0. The van der Waals surface area contributed by atoms with Gasteiger partial charge in [-0.05, 0) is 36.8 Å². The summed E-state index contributed by atoms with van der Waals surface area (Å²) in [6, 6.07) is 12.5. The van der Waals surface area contributed by atoms with E-state index < -0.39 is 0 Å². The molecule has 1 aliphatic heterocycles. The Kier molecular flexibility index (Phi) is 5.89. The number of amides is 2. The normalized spacial score (nSPS) is 13.9. The number of benzene rings is 2.